The predicted molar refractivity (Wildman–Crippen MR) is 70.0 cm³/mol. The number of rotatable bonds is 3. The van der Waals surface area contributed by atoms with E-state index in [-0.39, 0.29) is 11.7 Å². The van der Waals surface area contributed by atoms with E-state index in [2.05, 4.69) is 12.2 Å². The summed E-state index contributed by atoms with van der Waals surface area (Å²) in [6.07, 6.45) is 3.72. The summed E-state index contributed by atoms with van der Waals surface area (Å²) in [4.78, 5) is 11.9. The SMILES string of the molecule is Cc1cc(C(=O)NCC2CCCC2C)ccc1F. The molecule has 0 saturated heterocycles. The van der Waals surface area contributed by atoms with Crippen molar-refractivity contribution in [3.8, 4) is 0 Å². The van der Waals surface area contributed by atoms with Crippen LogP contribution in [0.3, 0.4) is 0 Å². The topological polar surface area (TPSA) is 29.1 Å². The van der Waals surface area contributed by atoms with E-state index in [1.165, 1.54) is 31.4 Å². The van der Waals surface area contributed by atoms with Crippen molar-refractivity contribution in [2.24, 2.45) is 11.8 Å². The van der Waals surface area contributed by atoms with Gasteiger partial charge in [0.25, 0.3) is 5.91 Å². The quantitative estimate of drug-likeness (QED) is 0.875. The maximum atomic E-state index is 13.1. The van der Waals surface area contributed by atoms with Crippen molar-refractivity contribution in [1.82, 2.24) is 5.32 Å². The van der Waals surface area contributed by atoms with Gasteiger partial charge in [-0.05, 0) is 48.9 Å². The molecular formula is C15H20FNO. The van der Waals surface area contributed by atoms with Gasteiger partial charge in [-0.3, -0.25) is 4.79 Å². The Morgan fingerprint density at radius 1 is 1.44 bits per heavy atom. The maximum absolute atomic E-state index is 13.1. The first-order chi connectivity index (χ1) is 8.58. The summed E-state index contributed by atoms with van der Waals surface area (Å²) in [6.45, 7) is 4.65. The van der Waals surface area contributed by atoms with Gasteiger partial charge in [-0.1, -0.05) is 19.8 Å². The van der Waals surface area contributed by atoms with E-state index in [1.54, 1.807) is 13.0 Å². The van der Waals surface area contributed by atoms with Crippen LogP contribution in [0.15, 0.2) is 18.2 Å². The van der Waals surface area contributed by atoms with E-state index >= 15 is 0 Å². The highest BCUT2D eigenvalue weighted by Crippen LogP contribution is 2.30. The van der Waals surface area contributed by atoms with Crippen LogP contribution >= 0.6 is 0 Å². The smallest absolute Gasteiger partial charge is 0.251 e. The van der Waals surface area contributed by atoms with Crippen LogP contribution in [0.25, 0.3) is 0 Å². The van der Waals surface area contributed by atoms with Crippen molar-refractivity contribution in [3.63, 3.8) is 0 Å². The number of hydrogen-bond donors (Lipinski definition) is 1. The zero-order valence-corrected chi connectivity index (χ0v) is 11.0. The maximum Gasteiger partial charge on any atom is 0.251 e. The number of amides is 1. The molecule has 18 heavy (non-hydrogen) atoms. The molecule has 2 atom stereocenters. The van der Waals surface area contributed by atoms with Gasteiger partial charge in [-0.25, -0.2) is 4.39 Å². The number of carbonyl (C=O) groups excluding carboxylic acids is 1. The van der Waals surface area contributed by atoms with Gasteiger partial charge in [0.15, 0.2) is 0 Å². The van der Waals surface area contributed by atoms with Crippen molar-refractivity contribution in [3.05, 3.63) is 35.1 Å². The van der Waals surface area contributed by atoms with Gasteiger partial charge < -0.3 is 5.32 Å². The van der Waals surface area contributed by atoms with Crippen LogP contribution < -0.4 is 5.32 Å². The predicted octanol–water partition coefficient (Wildman–Crippen LogP) is 3.30. The molecule has 1 saturated carbocycles. The van der Waals surface area contributed by atoms with Crippen molar-refractivity contribution < 1.29 is 9.18 Å². The van der Waals surface area contributed by atoms with Crippen molar-refractivity contribution in [2.75, 3.05) is 6.54 Å². The molecule has 0 bridgehead atoms. The summed E-state index contributed by atoms with van der Waals surface area (Å²) in [5.74, 6) is 0.920. The first kappa shape index (κ1) is 13.1. The van der Waals surface area contributed by atoms with Crippen LogP contribution in [0.4, 0.5) is 4.39 Å². The minimum Gasteiger partial charge on any atom is -0.352 e. The number of benzene rings is 1. The van der Waals surface area contributed by atoms with Gasteiger partial charge in [-0.15, -0.1) is 0 Å². The van der Waals surface area contributed by atoms with E-state index in [4.69, 9.17) is 0 Å². The Kier molecular flexibility index (Phi) is 4.00. The fourth-order valence-electron chi connectivity index (χ4n) is 2.64. The first-order valence-electron chi connectivity index (χ1n) is 6.62. The third-order valence-corrected chi connectivity index (χ3v) is 3.98. The first-order valence-corrected chi connectivity index (χ1v) is 6.62. The van der Waals surface area contributed by atoms with Gasteiger partial charge in [0.1, 0.15) is 5.82 Å². The Morgan fingerprint density at radius 2 is 2.22 bits per heavy atom. The normalized spacial score (nSPS) is 23.1. The average Bonchev–Trinajstić information content (AvgIpc) is 2.75. The van der Waals surface area contributed by atoms with Crippen molar-refractivity contribution >= 4 is 5.91 Å². The number of carbonyl (C=O) groups is 1. The van der Waals surface area contributed by atoms with E-state index in [0.717, 1.165) is 6.54 Å². The molecule has 3 heteroatoms. The molecule has 1 amide bonds. The minimum atomic E-state index is -0.268. The molecule has 1 N–H and O–H groups in total. The van der Waals surface area contributed by atoms with E-state index in [0.29, 0.717) is 23.0 Å². The van der Waals surface area contributed by atoms with Gasteiger partial charge in [0.05, 0.1) is 0 Å². The molecule has 1 aromatic carbocycles. The largest absolute Gasteiger partial charge is 0.352 e. The lowest BCUT2D eigenvalue weighted by atomic mass is 9.98. The van der Waals surface area contributed by atoms with Crippen molar-refractivity contribution in [1.29, 1.82) is 0 Å². The summed E-state index contributed by atoms with van der Waals surface area (Å²) in [6, 6.07) is 4.49. The van der Waals surface area contributed by atoms with Crippen LogP contribution in [0.5, 0.6) is 0 Å². The Bertz CT molecular complexity index is 444. The fourth-order valence-corrected chi connectivity index (χ4v) is 2.64. The second-order valence-electron chi connectivity index (χ2n) is 5.34. The van der Waals surface area contributed by atoms with Crippen molar-refractivity contribution in [2.45, 2.75) is 33.1 Å². The number of aryl methyl sites for hydroxylation is 1. The Hall–Kier alpha value is -1.38. The molecule has 2 unspecified atom stereocenters. The fraction of sp³-hybridized carbons (Fsp3) is 0.533. The number of hydrogen-bond acceptors (Lipinski definition) is 1. The summed E-state index contributed by atoms with van der Waals surface area (Å²) < 4.78 is 13.1. The lowest BCUT2D eigenvalue weighted by Gasteiger charge is -2.16. The summed E-state index contributed by atoms with van der Waals surface area (Å²) in [5.41, 5.74) is 1.05. The van der Waals surface area contributed by atoms with Gasteiger partial charge >= 0.3 is 0 Å². The molecule has 2 rings (SSSR count). The van der Waals surface area contributed by atoms with Crippen LogP contribution in [0.1, 0.15) is 42.1 Å². The number of nitrogens with one attached hydrogen (secondary N) is 1. The molecule has 0 heterocycles. The summed E-state index contributed by atoms with van der Waals surface area (Å²) in [5, 5.41) is 2.96. The Labute approximate surface area is 108 Å². The Balaban J connectivity index is 1.93. The molecule has 0 aromatic heterocycles. The standard InChI is InChI=1S/C15H20FNO/c1-10-4-3-5-13(10)9-17-15(18)12-6-7-14(16)11(2)8-12/h6-8,10,13H,3-5,9H2,1-2H3,(H,17,18). The second-order valence-corrected chi connectivity index (χ2v) is 5.34. The third kappa shape index (κ3) is 2.89. The van der Waals surface area contributed by atoms with Crippen LogP contribution in [0, 0.1) is 24.6 Å². The molecule has 1 aromatic rings. The zero-order chi connectivity index (χ0) is 13.1. The molecule has 1 aliphatic carbocycles. The highest BCUT2D eigenvalue weighted by molar-refractivity contribution is 5.94. The van der Waals surface area contributed by atoms with E-state index in [9.17, 15) is 9.18 Å². The molecule has 0 aliphatic heterocycles. The van der Waals surface area contributed by atoms with Crippen LogP contribution in [-0.2, 0) is 0 Å². The average molecular weight is 249 g/mol. The Morgan fingerprint density at radius 3 is 2.83 bits per heavy atom. The van der Waals surface area contributed by atoms with Crippen LogP contribution in [0.2, 0.25) is 0 Å². The molecule has 1 aliphatic rings. The second kappa shape index (κ2) is 5.51. The van der Waals surface area contributed by atoms with E-state index < -0.39 is 0 Å². The van der Waals surface area contributed by atoms with Gasteiger partial charge in [0, 0.05) is 12.1 Å². The molecular weight excluding hydrogens is 229 g/mol. The molecule has 0 spiro atoms. The monoisotopic (exact) mass is 249 g/mol. The molecule has 0 radical (unpaired) electrons. The number of halogens is 1. The van der Waals surface area contributed by atoms with Gasteiger partial charge in [0.2, 0.25) is 0 Å². The highest BCUT2D eigenvalue weighted by atomic mass is 19.1. The molecule has 1 fully saturated rings. The lowest BCUT2D eigenvalue weighted by molar-refractivity contribution is 0.0944. The highest BCUT2D eigenvalue weighted by Gasteiger charge is 2.23. The zero-order valence-electron chi connectivity index (χ0n) is 11.0. The van der Waals surface area contributed by atoms with Gasteiger partial charge in [-0.2, -0.15) is 0 Å². The summed E-state index contributed by atoms with van der Waals surface area (Å²) in [7, 11) is 0. The summed E-state index contributed by atoms with van der Waals surface area (Å²) >= 11 is 0. The minimum absolute atomic E-state index is 0.0998. The lowest BCUT2D eigenvalue weighted by Crippen LogP contribution is -2.30. The van der Waals surface area contributed by atoms with Crippen LogP contribution in [-0.4, -0.2) is 12.5 Å². The third-order valence-electron chi connectivity index (χ3n) is 3.98. The van der Waals surface area contributed by atoms with E-state index in [1.807, 2.05) is 0 Å². The molecule has 2 nitrogen and oxygen atoms in total. The molecule has 98 valence electrons.